The Morgan fingerprint density at radius 3 is 2.75 bits per heavy atom. The number of hydrogen-bond donors (Lipinski definition) is 1. The van der Waals surface area contributed by atoms with Crippen molar-refractivity contribution in [2.45, 2.75) is 25.8 Å². The average Bonchev–Trinajstić information content (AvgIpc) is 2.33. The zero-order valence-electron chi connectivity index (χ0n) is 10.5. The molecule has 0 aromatic heterocycles. The van der Waals surface area contributed by atoms with E-state index < -0.39 is 0 Å². The maximum absolute atomic E-state index is 5.46. The SMILES string of the molecule is COCCOCC(C)NCC1CCOCC1. The second-order valence-electron chi connectivity index (χ2n) is 4.43. The van der Waals surface area contributed by atoms with Crippen LogP contribution < -0.4 is 5.32 Å². The van der Waals surface area contributed by atoms with Crippen LogP contribution in [0.5, 0.6) is 0 Å². The van der Waals surface area contributed by atoms with Gasteiger partial charge >= 0.3 is 0 Å². The Labute approximate surface area is 98.6 Å². The molecule has 1 aliphatic rings. The first-order valence-corrected chi connectivity index (χ1v) is 6.20. The summed E-state index contributed by atoms with van der Waals surface area (Å²) in [4.78, 5) is 0. The van der Waals surface area contributed by atoms with Crippen molar-refractivity contribution in [2.24, 2.45) is 5.92 Å². The molecule has 16 heavy (non-hydrogen) atoms. The number of rotatable bonds is 8. The van der Waals surface area contributed by atoms with Crippen molar-refractivity contribution in [2.75, 3.05) is 46.7 Å². The van der Waals surface area contributed by atoms with Gasteiger partial charge in [0.15, 0.2) is 0 Å². The van der Waals surface area contributed by atoms with Crippen LogP contribution in [0.25, 0.3) is 0 Å². The smallest absolute Gasteiger partial charge is 0.0701 e. The molecule has 0 saturated carbocycles. The molecule has 1 atom stereocenters. The van der Waals surface area contributed by atoms with Crippen LogP contribution in [0.2, 0.25) is 0 Å². The van der Waals surface area contributed by atoms with Crippen LogP contribution in [0.4, 0.5) is 0 Å². The van der Waals surface area contributed by atoms with E-state index in [9.17, 15) is 0 Å². The highest BCUT2D eigenvalue weighted by atomic mass is 16.5. The fourth-order valence-electron chi connectivity index (χ4n) is 1.78. The molecule has 1 N–H and O–H groups in total. The largest absolute Gasteiger partial charge is 0.382 e. The third-order valence-corrected chi connectivity index (χ3v) is 2.90. The normalized spacial score (nSPS) is 19.9. The zero-order valence-corrected chi connectivity index (χ0v) is 10.5. The van der Waals surface area contributed by atoms with E-state index in [1.165, 1.54) is 12.8 Å². The third-order valence-electron chi connectivity index (χ3n) is 2.90. The number of hydrogen-bond acceptors (Lipinski definition) is 4. The van der Waals surface area contributed by atoms with Crippen molar-refractivity contribution < 1.29 is 14.2 Å². The Hall–Kier alpha value is -0.160. The average molecular weight is 231 g/mol. The molecule has 0 amide bonds. The van der Waals surface area contributed by atoms with Gasteiger partial charge in [-0.05, 0) is 32.2 Å². The molecule has 0 bridgehead atoms. The van der Waals surface area contributed by atoms with Crippen molar-refractivity contribution in [1.29, 1.82) is 0 Å². The second-order valence-corrected chi connectivity index (χ2v) is 4.43. The van der Waals surface area contributed by atoms with Crippen molar-refractivity contribution in [3.63, 3.8) is 0 Å². The maximum Gasteiger partial charge on any atom is 0.0701 e. The van der Waals surface area contributed by atoms with Gasteiger partial charge in [-0.1, -0.05) is 0 Å². The summed E-state index contributed by atoms with van der Waals surface area (Å²) in [5.74, 6) is 0.773. The van der Waals surface area contributed by atoms with Crippen LogP contribution in [0.1, 0.15) is 19.8 Å². The lowest BCUT2D eigenvalue weighted by molar-refractivity contribution is 0.0527. The summed E-state index contributed by atoms with van der Waals surface area (Å²) in [5, 5.41) is 3.51. The highest BCUT2D eigenvalue weighted by Crippen LogP contribution is 2.13. The predicted molar refractivity (Wildman–Crippen MR) is 63.7 cm³/mol. The number of ether oxygens (including phenoxy) is 3. The standard InChI is InChI=1S/C12H25NO3/c1-11(10-16-8-7-14-2)13-9-12-3-5-15-6-4-12/h11-13H,3-10H2,1-2H3. The van der Waals surface area contributed by atoms with Gasteiger partial charge in [-0.25, -0.2) is 0 Å². The van der Waals surface area contributed by atoms with Crippen LogP contribution in [0.15, 0.2) is 0 Å². The molecular formula is C12H25NO3. The monoisotopic (exact) mass is 231 g/mol. The summed E-state index contributed by atoms with van der Waals surface area (Å²) in [6.07, 6.45) is 2.37. The molecule has 0 aromatic rings. The third kappa shape index (κ3) is 6.43. The topological polar surface area (TPSA) is 39.7 Å². The fourth-order valence-corrected chi connectivity index (χ4v) is 1.78. The van der Waals surface area contributed by atoms with Gasteiger partial charge in [0.25, 0.3) is 0 Å². The Morgan fingerprint density at radius 2 is 2.06 bits per heavy atom. The quantitative estimate of drug-likeness (QED) is 0.634. The molecule has 96 valence electrons. The van der Waals surface area contributed by atoms with Crippen molar-refractivity contribution in [3.05, 3.63) is 0 Å². The zero-order chi connectivity index (χ0) is 11.6. The molecule has 1 unspecified atom stereocenters. The molecule has 1 rings (SSSR count). The van der Waals surface area contributed by atoms with E-state index in [4.69, 9.17) is 14.2 Å². The molecule has 0 radical (unpaired) electrons. The Balaban J connectivity index is 1.94. The van der Waals surface area contributed by atoms with Gasteiger partial charge in [-0.15, -0.1) is 0 Å². The lowest BCUT2D eigenvalue weighted by atomic mass is 10.0. The van der Waals surface area contributed by atoms with Crippen LogP contribution in [-0.2, 0) is 14.2 Å². The lowest BCUT2D eigenvalue weighted by Gasteiger charge is -2.24. The first-order valence-electron chi connectivity index (χ1n) is 6.20. The lowest BCUT2D eigenvalue weighted by Crippen LogP contribution is -2.36. The van der Waals surface area contributed by atoms with Crippen molar-refractivity contribution >= 4 is 0 Å². The van der Waals surface area contributed by atoms with Crippen molar-refractivity contribution in [1.82, 2.24) is 5.32 Å². The molecule has 4 nitrogen and oxygen atoms in total. The molecular weight excluding hydrogens is 206 g/mol. The van der Waals surface area contributed by atoms with E-state index in [1.807, 2.05) is 0 Å². The molecule has 0 aromatic carbocycles. The minimum absolute atomic E-state index is 0.416. The van der Waals surface area contributed by atoms with Gasteiger partial charge in [0.1, 0.15) is 0 Å². The summed E-state index contributed by atoms with van der Waals surface area (Å²) in [7, 11) is 1.69. The molecule has 0 aliphatic carbocycles. The van der Waals surface area contributed by atoms with Gasteiger partial charge in [0, 0.05) is 26.4 Å². The maximum atomic E-state index is 5.46. The van der Waals surface area contributed by atoms with E-state index >= 15 is 0 Å². The molecule has 4 heteroatoms. The second kappa shape index (κ2) is 8.93. The van der Waals surface area contributed by atoms with Crippen LogP contribution in [0.3, 0.4) is 0 Å². The Bertz CT molecular complexity index is 160. The van der Waals surface area contributed by atoms with Crippen LogP contribution in [-0.4, -0.2) is 52.7 Å². The minimum Gasteiger partial charge on any atom is -0.382 e. The highest BCUT2D eigenvalue weighted by Gasteiger charge is 2.14. The predicted octanol–water partition coefficient (Wildman–Crippen LogP) is 1.05. The first kappa shape index (κ1) is 13.9. The number of methoxy groups -OCH3 is 1. The number of nitrogens with one attached hydrogen (secondary N) is 1. The fraction of sp³-hybridized carbons (Fsp3) is 1.00. The van der Waals surface area contributed by atoms with Crippen LogP contribution >= 0.6 is 0 Å². The van der Waals surface area contributed by atoms with Crippen LogP contribution in [0, 0.1) is 5.92 Å². The Morgan fingerprint density at radius 1 is 1.31 bits per heavy atom. The summed E-state index contributed by atoms with van der Waals surface area (Å²) < 4.78 is 15.7. The minimum atomic E-state index is 0.416. The molecule has 1 fully saturated rings. The highest BCUT2D eigenvalue weighted by molar-refractivity contribution is 4.68. The van der Waals surface area contributed by atoms with Gasteiger partial charge in [0.2, 0.25) is 0 Å². The molecule has 1 heterocycles. The van der Waals surface area contributed by atoms with E-state index in [0.717, 1.165) is 32.3 Å². The van der Waals surface area contributed by atoms with Gasteiger partial charge < -0.3 is 19.5 Å². The van der Waals surface area contributed by atoms with Crippen molar-refractivity contribution in [3.8, 4) is 0 Å². The summed E-state index contributed by atoms with van der Waals surface area (Å²) in [6.45, 7) is 7.19. The van der Waals surface area contributed by atoms with E-state index in [1.54, 1.807) is 7.11 Å². The summed E-state index contributed by atoms with van der Waals surface area (Å²) >= 11 is 0. The summed E-state index contributed by atoms with van der Waals surface area (Å²) in [6, 6.07) is 0.416. The Kier molecular flexibility index (Phi) is 7.76. The van der Waals surface area contributed by atoms with E-state index in [0.29, 0.717) is 19.3 Å². The summed E-state index contributed by atoms with van der Waals surface area (Å²) in [5.41, 5.74) is 0. The molecule has 0 spiro atoms. The molecule has 1 saturated heterocycles. The van der Waals surface area contributed by atoms with E-state index in [-0.39, 0.29) is 0 Å². The van der Waals surface area contributed by atoms with E-state index in [2.05, 4.69) is 12.2 Å². The molecule has 1 aliphatic heterocycles. The van der Waals surface area contributed by atoms with Gasteiger partial charge in [-0.2, -0.15) is 0 Å². The van der Waals surface area contributed by atoms with Gasteiger partial charge in [-0.3, -0.25) is 0 Å². The first-order chi connectivity index (χ1) is 7.83. The van der Waals surface area contributed by atoms with Gasteiger partial charge in [0.05, 0.1) is 19.8 Å².